The zero-order valence-corrected chi connectivity index (χ0v) is 16.9. The summed E-state index contributed by atoms with van der Waals surface area (Å²) in [6, 6.07) is 15.2. The lowest BCUT2D eigenvalue weighted by Crippen LogP contribution is -2.36. The van der Waals surface area contributed by atoms with Crippen LogP contribution >= 0.6 is 11.8 Å². The molecule has 1 saturated heterocycles. The average molecular weight is 394 g/mol. The third-order valence-corrected chi connectivity index (χ3v) is 5.40. The average Bonchev–Trinajstić information content (AvgIpc) is 2.91. The van der Waals surface area contributed by atoms with Crippen LogP contribution in [-0.2, 0) is 9.59 Å². The van der Waals surface area contributed by atoms with Crippen molar-refractivity contribution in [2.24, 2.45) is 0 Å². The summed E-state index contributed by atoms with van der Waals surface area (Å²) in [7, 11) is 0. The smallest absolute Gasteiger partial charge is 0.294 e. The van der Waals surface area contributed by atoms with Gasteiger partial charge in [-0.1, -0.05) is 56.3 Å². The molecule has 1 aliphatic rings. The number of rotatable bonds is 5. The molecule has 3 rings (SSSR count). The molecule has 1 N–H and O–H groups in total. The van der Waals surface area contributed by atoms with E-state index in [1.54, 1.807) is 12.1 Å². The molecule has 144 valence electrons. The largest absolute Gasteiger partial charge is 0.324 e. The normalized spacial score (nSPS) is 15.6. The maximum absolute atomic E-state index is 12.6. The van der Waals surface area contributed by atoms with Crippen LogP contribution < -0.4 is 5.32 Å². The Labute approximate surface area is 168 Å². The molecule has 3 amide bonds. The van der Waals surface area contributed by atoms with Crippen molar-refractivity contribution in [2.75, 3.05) is 11.9 Å². The SMILES string of the molecule is Cc1ccccc1NC(=O)CN1C(=O)SC(=Cc2ccc(C(C)C)cc2)C1=O. The van der Waals surface area contributed by atoms with Crippen LogP contribution in [0.3, 0.4) is 0 Å². The molecule has 28 heavy (non-hydrogen) atoms. The monoisotopic (exact) mass is 394 g/mol. The number of thioether (sulfide) groups is 1. The van der Waals surface area contributed by atoms with Crippen molar-refractivity contribution in [3.05, 3.63) is 70.1 Å². The Morgan fingerprint density at radius 3 is 2.43 bits per heavy atom. The molecule has 0 spiro atoms. The third-order valence-electron chi connectivity index (χ3n) is 4.50. The first-order valence-corrected chi connectivity index (χ1v) is 9.87. The highest BCUT2D eigenvalue weighted by Crippen LogP contribution is 2.32. The van der Waals surface area contributed by atoms with Crippen LogP contribution in [0.5, 0.6) is 0 Å². The summed E-state index contributed by atoms with van der Waals surface area (Å²) in [6.07, 6.45) is 1.69. The molecule has 2 aromatic rings. The lowest BCUT2D eigenvalue weighted by atomic mass is 10.0. The topological polar surface area (TPSA) is 66.5 Å². The summed E-state index contributed by atoms with van der Waals surface area (Å²) in [5.41, 5.74) is 3.63. The highest BCUT2D eigenvalue weighted by molar-refractivity contribution is 8.18. The fraction of sp³-hybridized carbons (Fsp3) is 0.227. The van der Waals surface area contributed by atoms with Crippen molar-refractivity contribution in [3.63, 3.8) is 0 Å². The number of hydrogen-bond donors (Lipinski definition) is 1. The van der Waals surface area contributed by atoms with Gasteiger partial charge < -0.3 is 5.32 Å². The Kier molecular flexibility index (Phi) is 5.99. The second-order valence-corrected chi connectivity index (χ2v) is 7.95. The van der Waals surface area contributed by atoms with Gasteiger partial charge in [0.2, 0.25) is 5.91 Å². The van der Waals surface area contributed by atoms with Crippen LogP contribution in [0.2, 0.25) is 0 Å². The van der Waals surface area contributed by atoms with Crippen molar-refractivity contribution in [1.29, 1.82) is 0 Å². The number of hydrogen-bond acceptors (Lipinski definition) is 4. The van der Waals surface area contributed by atoms with E-state index >= 15 is 0 Å². The summed E-state index contributed by atoms with van der Waals surface area (Å²) in [6.45, 7) is 5.80. The second-order valence-electron chi connectivity index (χ2n) is 6.95. The van der Waals surface area contributed by atoms with Crippen molar-refractivity contribution in [2.45, 2.75) is 26.7 Å². The Balaban J connectivity index is 1.69. The molecule has 1 heterocycles. The summed E-state index contributed by atoms with van der Waals surface area (Å²) >= 11 is 0.857. The Morgan fingerprint density at radius 1 is 1.11 bits per heavy atom. The van der Waals surface area contributed by atoms with Crippen LogP contribution in [0.15, 0.2) is 53.4 Å². The fourth-order valence-corrected chi connectivity index (χ4v) is 3.65. The molecular formula is C22H22N2O3S. The number of nitrogens with one attached hydrogen (secondary N) is 1. The standard InChI is InChI=1S/C22H22N2O3S/c1-14(2)17-10-8-16(9-11-17)12-19-21(26)24(22(27)28-19)13-20(25)23-18-7-5-4-6-15(18)3/h4-12,14H,13H2,1-3H3,(H,23,25). The van der Waals surface area contributed by atoms with Crippen molar-refractivity contribution >= 4 is 40.6 Å². The van der Waals surface area contributed by atoms with E-state index in [1.165, 1.54) is 5.56 Å². The maximum atomic E-state index is 12.6. The van der Waals surface area contributed by atoms with Gasteiger partial charge in [0.05, 0.1) is 4.91 Å². The van der Waals surface area contributed by atoms with Gasteiger partial charge in [0.25, 0.3) is 11.1 Å². The van der Waals surface area contributed by atoms with Crippen LogP contribution in [0.4, 0.5) is 10.5 Å². The fourth-order valence-electron chi connectivity index (χ4n) is 2.81. The van der Waals surface area contributed by atoms with Gasteiger partial charge in [-0.15, -0.1) is 0 Å². The van der Waals surface area contributed by atoms with E-state index in [9.17, 15) is 14.4 Å². The molecule has 0 bridgehead atoms. The summed E-state index contributed by atoms with van der Waals surface area (Å²) in [5.74, 6) is -0.421. The van der Waals surface area contributed by atoms with Gasteiger partial charge in [-0.3, -0.25) is 19.3 Å². The molecule has 1 fully saturated rings. The van der Waals surface area contributed by atoms with Crippen molar-refractivity contribution < 1.29 is 14.4 Å². The molecule has 0 aromatic heterocycles. The zero-order valence-electron chi connectivity index (χ0n) is 16.1. The first kappa shape index (κ1) is 19.9. The minimum atomic E-state index is -0.442. The van der Waals surface area contributed by atoms with Gasteiger partial charge in [-0.25, -0.2) is 0 Å². The summed E-state index contributed by atoms with van der Waals surface area (Å²) in [5, 5.41) is 2.31. The minimum Gasteiger partial charge on any atom is -0.324 e. The molecular weight excluding hydrogens is 372 g/mol. The Hall–Kier alpha value is -2.86. The number of aryl methyl sites for hydroxylation is 1. The first-order valence-electron chi connectivity index (χ1n) is 9.06. The van der Waals surface area contributed by atoms with Gasteiger partial charge in [0, 0.05) is 5.69 Å². The highest BCUT2D eigenvalue weighted by Gasteiger charge is 2.36. The van der Waals surface area contributed by atoms with Gasteiger partial charge >= 0.3 is 0 Å². The van der Waals surface area contributed by atoms with Gasteiger partial charge in [0.1, 0.15) is 6.54 Å². The number of imide groups is 1. The van der Waals surface area contributed by atoms with E-state index in [4.69, 9.17) is 0 Å². The molecule has 0 unspecified atom stereocenters. The lowest BCUT2D eigenvalue weighted by molar-refractivity contribution is -0.127. The van der Waals surface area contributed by atoms with Crippen molar-refractivity contribution in [3.8, 4) is 0 Å². The van der Waals surface area contributed by atoms with Crippen LogP contribution in [-0.4, -0.2) is 28.5 Å². The third kappa shape index (κ3) is 4.51. The Morgan fingerprint density at radius 2 is 1.79 bits per heavy atom. The van der Waals surface area contributed by atoms with Crippen LogP contribution in [0.1, 0.15) is 36.5 Å². The van der Waals surface area contributed by atoms with E-state index in [-0.39, 0.29) is 6.54 Å². The number of carbonyl (C=O) groups is 3. The first-order chi connectivity index (χ1) is 13.3. The van der Waals surface area contributed by atoms with Gasteiger partial charge in [-0.05, 0) is 53.4 Å². The molecule has 6 heteroatoms. The van der Waals surface area contributed by atoms with Crippen molar-refractivity contribution in [1.82, 2.24) is 4.90 Å². The number of amides is 3. The number of para-hydroxylation sites is 1. The summed E-state index contributed by atoms with van der Waals surface area (Å²) < 4.78 is 0. The summed E-state index contributed by atoms with van der Waals surface area (Å²) in [4.78, 5) is 38.4. The van der Waals surface area contributed by atoms with E-state index < -0.39 is 17.1 Å². The number of nitrogens with zero attached hydrogens (tertiary/aromatic N) is 1. The molecule has 1 aliphatic heterocycles. The zero-order chi connectivity index (χ0) is 20.3. The van der Waals surface area contributed by atoms with E-state index in [1.807, 2.05) is 49.4 Å². The van der Waals surface area contributed by atoms with Gasteiger partial charge in [0.15, 0.2) is 0 Å². The molecule has 2 aromatic carbocycles. The molecule has 0 atom stereocenters. The van der Waals surface area contributed by atoms with E-state index in [0.29, 0.717) is 16.5 Å². The van der Waals surface area contributed by atoms with Crippen LogP contribution in [0, 0.1) is 6.92 Å². The number of carbonyl (C=O) groups excluding carboxylic acids is 3. The van der Waals surface area contributed by atoms with E-state index in [2.05, 4.69) is 19.2 Å². The number of anilines is 1. The predicted octanol–water partition coefficient (Wildman–Crippen LogP) is 4.79. The molecule has 0 saturated carbocycles. The van der Waals surface area contributed by atoms with E-state index in [0.717, 1.165) is 27.8 Å². The minimum absolute atomic E-state index is 0.303. The highest BCUT2D eigenvalue weighted by atomic mass is 32.2. The van der Waals surface area contributed by atoms with Crippen LogP contribution in [0.25, 0.3) is 6.08 Å². The predicted molar refractivity (Wildman–Crippen MR) is 113 cm³/mol. The second kappa shape index (κ2) is 8.44. The van der Waals surface area contributed by atoms with Gasteiger partial charge in [-0.2, -0.15) is 0 Å². The molecule has 5 nitrogen and oxygen atoms in total. The quantitative estimate of drug-likeness (QED) is 0.740. The lowest BCUT2D eigenvalue weighted by Gasteiger charge is -2.13. The Bertz CT molecular complexity index is 949. The molecule has 0 radical (unpaired) electrons. The number of benzene rings is 2. The maximum Gasteiger partial charge on any atom is 0.294 e. The molecule has 0 aliphatic carbocycles.